The van der Waals surface area contributed by atoms with Crippen LogP contribution in [0.3, 0.4) is 0 Å². The normalized spacial score (nSPS) is 20.1. The first kappa shape index (κ1) is 17.9. The third-order valence-electron chi connectivity index (χ3n) is 3.27. The fourth-order valence-corrected chi connectivity index (χ4v) is 2.01. The number of carbonyl (C=O) groups is 1. The van der Waals surface area contributed by atoms with Gasteiger partial charge < -0.3 is 19.1 Å². The second-order valence-corrected chi connectivity index (χ2v) is 4.92. The van der Waals surface area contributed by atoms with Gasteiger partial charge in [-0.2, -0.15) is 0 Å². The molecule has 0 N–H and O–H groups in total. The van der Waals surface area contributed by atoms with E-state index in [9.17, 15) is 4.79 Å². The minimum absolute atomic E-state index is 0.0644. The molecule has 0 spiro atoms. The van der Waals surface area contributed by atoms with Gasteiger partial charge in [-0.1, -0.05) is 19.2 Å². The van der Waals surface area contributed by atoms with E-state index in [1.807, 2.05) is 0 Å². The van der Waals surface area contributed by atoms with Crippen LogP contribution in [0.1, 0.15) is 19.3 Å². The zero-order valence-corrected chi connectivity index (χ0v) is 12.8. The van der Waals surface area contributed by atoms with E-state index in [4.69, 9.17) is 14.2 Å². The van der Waals surface area contributed by atoms with E-state index < -0.39 is 0 Å². The number of ether oxygens (including phenoxy) is 3. The Labute approximate surface area is 127 Å². The number of nitrogens with zero attached hydrogens (tertiary/aromatic N) is 1. The molecule has 0 atom stereocenters. The van der Waals surface area contributed by atoms with Gasteiger partial charge in [-0.05, 0) is 19.3 Å². The fourth-order valence-electron chi connectivity index (χ4n) is 2.01. The molecule has 1 aliphatic rings. The Morgan fingerprint density at radius 3 is 2.14 bits per heavy atom. The molecule has 0 unspecified atom stereocenters. The van der Waals surface area contributed by atoms with E-state index >= 15 is 0 Å². The minimum atomic E-state index is -0.0644. The van der Waals surface area contributed by atoms with Crippen LogP contribution in [-0.4, -0.2) is 63.5 Å². The molecule has 1 rings (SSSR count). The van der Waals surface area contributed by atoms with Gasteiger partial charge in [-0.25, -0.2) is 0 Å². The molecule has 1 aliphatic heterocycles. The van der Waals surface area contributed by atoms with Gasteiger partial charge in [0.05, 0.1) is 33.0 Å². The van der Waals surface area contributed by atoms with Crippen molar-refractivity contribution < 1.29 is 19.0 Å². The second kappa shape index (κ2) is 11.5. The van der Waals surface area contributed by atoms with E-state index in [2.05, 4.69) is 13.2 Å². The molecule has 0 aliphatic carbocycles. The van der Waals surface area contributed by atoms with Gasteiger partial charge in [0, 0.05) is 25.3 Å². The summed E-state index contributed by atoms with van der Waals surface area (Å²) in [5.41, 5.74) is 0.430. The van der Waals surface area contributed by atoms with Gasteiger partial charge in [0.25, 0.3) is 5.91 Å². The van der Waals surface area contributed by atoms with Crippen molar-refractivity contribution in [3.05, 3.63) is 24.8 Å². The Morgan fingerprint density at radius 2 is 1.48 bits per heavy atom. The summed E-state index contributed by atoms with van der Waals surface area (Å²) in [5.74, 6) is -0.0644. The molecule has 0 aromatic rings. The summed E-state index contributed by atoms with van der Waals surface area (Å²) in [6.45, 7) is 12.2. The van der Waals surface area contributed by atoms with Crippen molar-refractivity contribution in [1.82, 2.24) is 4.90 Å². The summed E-state index contributed by atoms with van der Waals surface area (Å²) >= 11 is 0. The van der Waals surface area contributed by atoms with Crippen molar-refractivity contribution >= 4 is 5.91 Å². The van der Waals surface area contributed by atoms with Crippen molar-refractivity contribution in [2.75, 3.05) is 52.7 Å². The first-order valence-electron chi connectivity index (χ1n) is 7.59. The van der Waals surface area contributed by atoms with Gasteiger partial charge in [0.2, 0.25) is 0 Å². The molecule has 0 radical (unpaired) electrons. The van der Waals surface area contributed by atoms with Gasteiger partial charge in [0.15, 0.2) is 0 Å². The van der Waals surface area contributed by atoms with Crippen LogP contribution in [0.5, 0.6) is 0 Å². The van der Waals surface area contributed by atoms with Crippen LogP contribution in [0.25, 0.3) is 0 Å². The van der Waals surface area contributed by atoms with Crippen LogP contribution < -0.4 is 0 Å². The number of carbonyl (C=O) groups excluding carboxylic acids is 1. The first-order chi connectivity index (χ1) is 10.3. The maximum Gasteiger partial charge on any atom is 0.253 e. The number of rotatable bonds is 2. The zero-order chi connectivity index (χ0) is 15.3. The first-order valence-corrected chi connectivity index (χ1v) is 7.59. The van der Waals surface area contributed by atoms with Gasteiger partial charge in [-0.15, -0.1) is 0 Å². The Morgan fingerprint density at radius 1 is 0.857 bits per heavy atom. The largest absolute Gasteiger partial charge is 0.379 e. The lowest BCUT2D eigenvalue weighted by Crippen LogP contribution is -2.35. The highest BCUT2D eigenvalue weighted by Gasteiger charge is 2.14. The lowest BCUT2D eigenvalue weighted by Gasteiger charge is -2.23. The molecular weight excluding hydrogens is 270 g/mol. The van der Waals surface area contributed by atoms with Gasteiger partial charge in [-0.3, -0.25) is 4.79 Å². The molecule has 0 aromatic heterocycles. The smallest absolute Gasteiger partial charge is 0.253 e. The standard InChI is InChI=1S/C16H27NO4/c1-3-15(2)16(18)17-7-5-4-6-9-19-11-13-21-14-12-20-10-8-17/h3H,1-2,4-14H2. The molecule has 0 aromatic carbocycles. The van der Waals surface area contributed by atoms with E-state index in [1.54, 1.807) is 4.90 Å². The summed E-state index contributed by atoms with van der Waals surface area (Å²) in [6, 6.07) is 0. The monoisotopic (exact) mass is 297 g/mol. The highest BCUT2D eigenvalue weighted by molar-refractivity contribution is 5.95. The van der Waals surface area contributed by atoms with Crippen LogP contribution in [-0.2, 0) is 19.0 Å². The lowest BCUT2D eigenvalue weighted by molar-refractivity contribution is -0.127. The van der Waals surface area contributed by atoms with E-state index in [0.29, 0.717) is 51.7 Å². The Kier molecular flexibility index (Phi) is 9.78. The Balaban J connectivity index is 2.45. The molecule has 120 valence electrons. The van der Waals surface area contributed by atoms with Crippen LogP contribution in [0.4, 0.5) is 0 Å². The van der Waals surface area contributed by atoms with Crippen LogP contribution in [0.2, 0.25) is 0 Å². The zero-order valence-electron chi connectivity index (χ0n) is 12.8. The summed E-state index contributed by atoms with van der Waals surface area (Å²) < 4.78 is 16.3. The highest BCUT2D eigenvalue weighted by Crippen LogP contribution is 2.05. The minimum Gasteiger partial charge on any atom is -0.379 e. The number of hydrogen-bond donors (Lipinski definition) is 0. The number of hydrogen-bond acceptors (Lipinski definition) is 4. The summed E-state index contributed by atoms with van der Waals surface area (Å²) in [7, 11) is 0. The van der Waals surface area contributed by atoms with Crippen molar-refractivity contribution in [3.63, 3.8) is 0 Å². The Hall–Kier alpha value is -1.17. The van der Waals surface area contributed by atoms with Gasteiger partial charge in [0.1, 0.15) is 0 Å². The molecule has 0 saturated carbocycles. The third-order valence-corrected chi connectivity index (χ3v) is 3.27. The van der Waals surface area contributed by atoms with Crippen molar-refractivity contribution in [2.24, 2.45) is 0 Å². The molecule has 1 heterocycles. The summed E-state index contributed by atoms with van der Waals surface area (Å²) in [5, 5.41) is 0. The molecule has 21 heavy (non-hydrogen) atoms. The van der Waals surface area contributed by atoms with Crippen LogP contribution in [0.15, 0.2) is 24.8 Å². The van der Waals surface area contributed by atoms with E-state index in [0.717, 1.165) is 25.9 Å². The molecule has 5 heteroatoms. The topological polar surface area (TPSA) is 48.0 Å². The number of amides is 1. The molecule has 1 saturated heterocycles. The molecule has 0 bridgehead atoms. The van der Waals surface area contributed by atoms with Gasteiger partial charge >= 0.3 is 0 Å². The molecule has 1 amide bonds. The maximum atomic E-state index is 12.2. The predicted octanol–water partition coefficient (Wildman–Crippen LogP) is 1.79. The highest BCUT2D eigenvalue weighted by atomic mass is 16.5. The van der Waals surface area contributed by atoms with Crippen molar-refractivity contribution in [2.45, 2.75) is 19.3 Å². The van der Waals surface area contributed by atoms with Crippen LogP contribution in [0, 0.1) is 0 Å². The van der Waals surface area contributed by atoms with E-state index in [1.165, 1.54) is 6.08 Å². The predicted molar refractivity (Wildman–Crippen MR) is 82.2 cm³/mol. The lowest BCUT2D eigenvalue weighted by atomic mass is 10.2. The molecule has 1 fully saturated rings. The average molecular weight is 297 g/mol. The summed E-state index contributed by atoms with van der Waals surface area (Å²) in [6.07, 6.45) is 4.49. The molecular formula is C16H27NO4. The SMILES string of the molecule is C=CC(=C)C(=O)N1CCCCCOCCOCCOCC1. The van der Waals surface area contributed by atoms with Crippen molar-refractivity contribution in [1.29, 1.82) is 0 Å². The molecule has 5 nitrogen and oxygen atoms in total. The van der Waals surface area contributed by atoms with E-state index in [-0.39, 0.29) is 5.91 Å². The average Bonchev–Trinajstić information content (AvgIpc) is 2.52. The third kappa shape index (κ3) is 7.99. The second-order valence-electron chi connectivity index (χ2n) is 4.92. The maximum absolute atomic E-state index is 12.2. The summed E-state index contributed by atoms with van der Waals surface area (Å²) in [4.78, 5) is 14.0. The van der Waals surface area contributed by atoms with Crippen molar-refractivity contribution in [3.8, 4) is 0 Å². The quantitative estimate of drug-likeness (QED) is 0.576. The Bertz CT molecular complexity index is 314. The van der Waals surface area contributed by atoms with Crippen LogP contribution >= 0.6 is 0 Å². The fraction of sp³-hybridized carbons (Fsp3) is 0.688.